The zero-order valence-corrected chi connectivity index (χ0v) is 40.9. The Bertz CT molecular complexity index is 4070. The molecular weight excluding hydrogens is 869 g/mol. The molecule has 0 unspecified atom stereocenters. The van der Waals surface area contributed by atoms with Gasteiger partial charge < -0.3 is 18.6 Å². The average molecular weight is 921 g/mol. The number of nitriles is 2. The van der Waals surface area contributed by atoms with Gasteiger partial charge in [0.05, 0.1) is 46.0 Å². The lowest BCUT2D eigenvalue weighted by atomic mass is 9.79. The first-order valence-electron chi connectivity index (χ1n) is 24.6. The van der Waals surface area contributed by atoms with E-state index in [1.165, 1.54) is 16.7 Å². The van der Waals surface area contributed by atoms with Crippen LogP contribution in [0, 0.1) is 33.5 Å². The molecule has 12 rings (SSSR count). The predicted molar refractivity (Wildman–Crippen MR) is 294 cm³/mol. The third-order valence-corrected chi connectivity index (χ3v) is 14.8. The number of rotatable bonds is 9. The number of nitrogens with zero attached hydrogens (tertiary/aromatic N) is 4. The maximum atomic E-state index is 9.92. The molecule has 0 amide bonds. The maximum Gasteiger partial charge on any atom is 0.159 e. The summed E-state index contributed by atoms with van der Waals surface area (Å²) in [5, 5.41) is 29.8. The highest BCUT2D eigenvalue weighted by Crippen LogP contribution is 2.52. The number of hydrogen-bond donors (Lipinski definition) is 0. The Morgan fingerprint density at radius 3 is 1.56 bits per heavy atom. The summed E-state index contributed by atoms with van der Waals surface area (Å²) >= 11 is 0. The van der Waals surface area contributed by atoms with Crippen molar-refractivity contribution in [2.24, 2.45) is 10.8 Å². The fourth-order valence-corrected chi connectivity index (χ4v) is 11.0. The van der Waals surface area contributed by atoms with Crippen molar-refractivity contribution in [3.63, 3.8) is 0 Å². The van der Waals surface area contributed by atoms with Gasteiger partial charge in [0.2, 0.25) is 0 Å². The van der Waals surface area contributed by atoms with Crippen LogP contribution in [-0.2, 0) is 12.8 Å². The highest BCUT2D eigenvalue weighted by atomic mass is 16.3. The van der Waals surface area contributed by atoms with Gasteiger partial charge in [0, 0.05) is 49.4 Å². The first-order valence-corrected chi connectivity index (χ1v) is 24.6. The van der Waals surface area contributed by atoms with Crippen LogP contribution in [0.2, 0.25) is 0 Å². The van der Waals surface area contributed by atoms with E-state index in [1.54, 1.807) is 0 Å². The smallest absolute Gasteiger partial charge is 0.159 e. The molecule has 344 valence electrons. The van der Waals surface area contributed by atoms with Gasteiger partial charge in [-0.2, -0.15) is 10.5 Å². The van der Waals surface area contributed by atoms with Gasteiger partial charge in [0.1, 0.15) is 11.3 Å². The van der Waals surface area contributed by atoms with Crippen molar-refractivity contribution in [2.45, 2.75) is 60.8 Å². The number of anilines is 6. The summed E-state index contributed by atoms with van der Waals surface area (Å²) in [5.74, 6) is 0.947. The molecule has 0 bridgehead atoms. The van der Waals surface area contributed by atoms with Crippen molar-refractivity contribution in [1.82, 2.24) is 0 Å². The van der Waals surface area contributed by atoms with Crippen molar-refractivity contribution >= 4 is 105 Å². The molecule has 0 N–H and O–H groups in total. The van der Waals surface area contributed by atoms with E-state index in [2.05, 4.69) is 185 Å². The lowest BCUT2D eigenvalue weighted by Gasteiger charge is -2.29. The van der Waals surface area contributed by atoms with E-state index >= 15 is 0 Å². The summed E-state index contributed by atoms with van der Waals surface area (Å²) in [6.07, 6.45) is 9.25. The second-order valence-corrected chi connectivity index (χ2v) is 20.9. The Labute approximate surface area is 413 Å². The Kier molecular flexibility index (Phi) is 10.2. The summed E-state index contributed by atoms with van der Waals surface area (Å²) in [6.45, 7) is 13.6. The second-order valence-electron chi connectivity index (χ2n) is 20.9. The van der Waals surface area contributed by atoms with Gasteiger partial charge in [-0.25, -0.2) is 0 Å². The first kappa shape index (κ1) is 43.7. The van der Waals surface area contributed by atoms with Crippen LogP contribution in [0.1, 0.15) is 76.0 Å². The number of hydrogen-bond acceptors (Lipinski definition) is 6. The van der Waals surface area contributed by atoms with Gasteiger partial charge in [0.25, 0.3) is 0 Å². The summed E-state index contributed by atoms with van der Waals surface area (Å²) in [5.41, 5.74) is 12.9. The first-order chi connectivity index (χ1) is 34.4. The number of allylic oxidation sites excluding steroid dienone is 4. The van der Waals surface area contributed by atoms with Crippen molar-refractivity contribution < 1.29 is 8.83 Å². The number of furan rings is 2. The summed E-state index contributed by atoms with van der Waals surface area (Å²) in [4.78, 5) is 4.60. The van der Waals surface area contributed by atoms with Crippen LogP contribution in [-0.4, -0.2) is 0 Å². The zero-order valence-electron chi connectivity index (χ0n) is 40.9. The van der Waals surface area contributed by atoms with Gasteiger partial charge in [-0.15, -0.1) is 0 Å². The van der Waals surface area contributed by atoms with Crippen molar-refractivity contribution in [3.05, 3.63) is 198 Å². The summed E-state index contributed by atoms with van der Waals surface area (Å²) < 4.78 is 14.2. The maximum absolute atomic E-state index is 9.92. The Balaban J connectivity index is 1.10. The average Bonchev–Trinajstić information content (AvgIpc) is 3.88. The van der Waals surface area contributed by atoms with E-state index < -0.39 is 0 Å². The molecule has 9 aromatic carbocycles. The van der Waals surface area contributed by atoms with Gasteiger partial charge >= 0.3 is 0 Å². The molecule has 1 aliphatic carbocycles. The molecule has 0 fully saturated rings. The van der Waals surface area contributed by atoms with Crippen LogP contribution in [0.5, 0.6) is 0 Å². The fraction of sp³-hybridized carbons (Fsp3) is 0.169. The topological polar surface area (TPSA) is 80.3 Å². The molecule has 6 heteroatoms. The van der Waals surface area contributed by atoms with Crippen LogP contribution in [0.25, 0.3) is 70.8 Å². The van der Waals surface area contributed by atoms with E-state index in [9.17, 15) is 10.5 Å². The molecule has 0 atom stereocenters. The van der Waals surface area contributed by atoms with Crippen LogP contribution < -0.4 is 9.80 Å². The van der Waals surface area contributed by atoms with Crippen LogP contribution in [0.15, 0.2) is 179 Å². The predicted octanol–water partition coefficient (Wildman–Crippen LogP) is 18.4. The van der Waals surface area contributed by atoms with Crippen molar-refractivity contribution in [1.29, 1.82) is 10.5 Å². The Hall–Kier alpha value is -8.58. The second kappa shape index (κ2) is 16.5. The van der Waals surface area contributed by atoms with Gasteiger partial charge in [-0.1, -0.05) is 139 Å². The van der Waals surface area contributed by atoms with Crippen molar-refractivity contribution in [3.8, 4) is 12.1 Å². The lowest BCUT2D eigenvalue weighted by Crippen LogP contribution is -2.12. The number of para-hydroxylation sites is 3. The Morgan fingerprint density at radius 2 is 1.03 bits per heavy atom. The molecule has 1 aliphatic rings. The minimum Gasteiger partial charge on any atom is -0.454 e. The Morgan fingerprint density at radius 1 is 0.521 bits per heavy atom. The number of benzene rings is 9. The third-order valence-electron chi connectivity index (χ3n) is 14.8. The lowest BCUT2D eigenvalue weighted by molar-refractivity contribution is 0.410. The molecule has 71 heavy (non-hydrogen) atoms. The zero-order chi connectivity index (χ0) is 48.8. The molecule has 2 heterocycles. The van der Waals surface area contributed by atoms with Gasteiger partial charge in [-0.3, -0.25) is 0 Å². The monoisotopic (exact) mass is 920 g/mol. The molecule has 2 aromatic heterocycles. The van der Waals surface area contributed by atoms with Crippen LogP contribution in [0.4, 0.5) is 34.1 Å². The van der Waals surface area contributed by atoms with E-state index in [0.717, 1.165) is 124 Å². The van der Waals surface area contributed by atoms with E-state index in [1.807, 2.05) is 48.5 Å². The fourth-order valence-electron chi connectivity index (χ4n) is 11.0. The molecule has 0 spiro atoms. The van der Waals surface area contributed by atoms with Gasteiger partial charge in [0.15, 0.2) is 11.2 Å². The third kappa shape index (κ3) is 7.13. The van der Waals surface area contributed by atoms with Gasteiger partial charge in [-0.05, 0) is 130 Å². The highest BCUT2D eigenvalue weighted by molar-refractivity contribution is 6.28. The number of fused-ring (bicyclic) bond motifs is 6. The molecule has 11 aromatic rings. The SMILES string of the molecule is CCC(C)(C)C1=CC=CCc2c1oc1c(N(c3ccc(C#N)cc3)c3ccc4ccc5c(N(c6ccc(C#N)cc6)c6cccc7c6oc6c(CC(C)(C)C)cccc67)ccc6ccc3c4c65)cccc21. The molecule has 0 saturated heterocycles. The molecule has 0 aliphatic heterocycles. The molecule has 0 radical (unpaired) electrons. The molecule has 6 nitrogen and oxygen atoms in total. The quantitative estimate of drug-likeness (QED) is 0.134. The van der Waals surface area contributed by atoms with Crippen LogP contribution >= 0.6 is 0 Å². The molecule has 0 saturated carbocycles. The van der Waals surface area contributed by atoms with E-state index in [0.29, 0.717) is 11.1 Å². The van der Waals surface area contributed by atoms with Crippen molar-refractivity contribution in [2.75, 3.05) is 9.80 Å². The largest absolute Gasteiger partial charge is 0.454 e. The normalized spacial score (nSPS) is 13.0. The highest BCUT2D eigenvalue weighted by Gasteiger charge is 2.31. The summed E-state index contributed by atoms with van der Waals surface area (Å²) in [7, 11) is 0. The molecular formula is C65H52N4O2. The summed E-state index contributed by atoms with van der Waals surface area (Å²) in [6, 6.07) is 57.6. The van der Waals surface area contributed by atoms with Crippen LogP contribution in [0.3, 0.4) is 0 Å². The van der Waals surface area contributed by atoms with E-state index in [4.69, 9.17) is 8.83 Å². The standard InChI is InChI=1S/C65H52N4O2/c1-7-65(5,6)53-18-9-8-14-48-50-17-12-20-57(63(50)71-61(48)53)69(46-31-23-41(39-67)24-32-46)55-36-28-43-25-33-51-54(35-27-42-26-34-52(55)59(43)58(42)51)68(45-29-21-40(38-66)22-30-45)56-19-11-16-49-47-15-10-13-44(37-64(2,3)4)60(47)70-62(49)56/h8-13,15-36H,7,14,37H2,1-6H3. The van der Waals surface area contributed by atoms with E-state index in [-0.39, 0.29) is 10.8 Å². The minimum atomic E-state index is -0.0981. The minimum absolute atomic E-state index is 0.0709.